The van der Waals surface area contributed by atoms with Crippen LogP contribution in [0.4, 0.5) is 0 Å². The third-order valence-electron chi connectivity index (χ3n) is 4.11. The van der Waals surface area contributed by atoms with Crippen molar-refractivity contribution in [2.45, 2.75) is 44.3 Å². The first-order chi connectivity index (χ1) is 12.3. The topological polar surface area (TPSA) is 68.7 Å². The van der Waals surface area contributed by atoms with Crippen molar-refractivity contribution < 1.29 is 17.9 Å². The van der Waals surface area contributed by atoms with Crippen LogP contribution in [0.15, 0.2) is 47.5 Å². The zero-order valence-corrected chi connectivity index (χ0v) is 16.1. The summed E-state index contributed by atoms with van der Waals surface area (Å²) in [7, 11) is -3.54. The fourth-order valence-electron chi connectivity index (χ4n) is 2.82. The lowest BCUT2D eigenvalue weighted by molar-refractivity contribution is 0.207. The molecule has 0 amide bonds. The molecular formula is C19H24N2O4S. The maximum atomic E-state index is 12.8. The van der Waals surface area contributed by atoms with Gasteiger partial charge in [0.1, 0.15) is 11.9 Å². The van der Waals surface area contributed by atoms with E-state index < -0.39 is 10.0 Å². The molecule has 0 saturated carbocycles. The number of ether oxygens (including phenoxy) is 2. The molecule has 6 nitrogen and oxygen atoms in total. The van der Waals surface area contributed by atoms with Crippen LogP contribution in [-0.2, 0) is 10.0 Å². The molecule has 3 rings (SSSR count). The number of aromatic nitrogens is 1. The van der Waals surface area contributed by atoms with Crippen LogP contribution in [0.25, 0.3) is 0 Å². The molecule has 1 atom stereocenters. The highest BCUT2D eigenvalue weighted by Crippen LogP contribution is 2.25. The van der Waals surface area contributed by atoms with Gasteiger partial charge in [-0.1, -0.05) is 6.07 Å². The molecule has 2 heterocycles. The molecular weight excluding hydrogens is 352 g/mol. The van der Waals surface area contributed by atoms with Gasteiger partial charge < -0.3 is 9.47 Å². The van der Waals surface area contributed by atoms with Gasteiger partial charge in [0.25, 0.3) is 0 Å². The van der Waals surface area contributed by atoms with Crippen LogP contribution in [0.2, 0.25) is 0 Å². The Kier molecular flexibility index (Phi) is 5.48. The molecule has 1 aliphatic rings. The summed E-state index contributed by atoms with van der Waals surface area (Å²) in [6, 6.07) is 10.3. The van der Waals surface area contributed by atoms with E-state index in [1.54, 1.807) is 36.5 Å². The predicted molar refractivity (Wildman–Crippen MR) is 99.0 cm³/mol. The Balaban J connectivity index is 1.65. The van der Waals surface area contributed by atoms with Gasteiger partial charge in [-0.3, -0.25) is 0 Å². The Hall–Kier alpha value is -2.12. The first-order valence-electron chi connectivity index (χ1n) is 8.71. The molecule has 140 valence electrons. The smallest absolute Gasteiger partial charge is 0.243 e. The van der Waals surface area contributed by atoms with Crippen LogP contribution in [0.1, 0.15) is 25.8 Å². The second kappa shape index (κ2) is 7.63. The fraction of sp³-hybridized carbons (Fsp3) is 0.421. The molecule has 1 aliphatic heterocycles. The van der Waals surface area contributed by atoms with E-state index >= 15 is 0 Å². The standard InChI is InChI=1S/C19H24N2O4S/c1-14(2)24-16-5-7-18(8-6-16)26(22,23)21-11-10-17(13-21)25-19-9-4-15(3)12-20-19/h4-9,12,14,17H,10-11,13H2,1-3H3. The van der Waals surface area contributed by atoms with Crippen LogP contribution in [-0.4, -0.2) is 43.0 Å². The van der Waals surface area contributed by atoms with E-state index in [1.807, 2.05) is 26.8 Å². The lowest BCUT2D eigenvalue weighted by Gasteiger charge is -2.17. The second-order valence-corrected chi connectivity index (χ2v) is 8.64. The number of hydrogen-bond donors (Lipinski definition) is 0. The van der Waals surface area contributed by atoms with E-state index in [1.165, 1.54) is 4.31 Å². The van der Waals surface area contributed by atoms with E-state index in [4.69, 9.17) is 9.47 Å². The molecule has 26 heavy (non-hydrogen) atoms. The van der Waals surface area contributed by atoms with Crippen LogP contribution >= 0.6 is 0 Å². The normalized spacial score (nSPS) is 18.2. The zero-order chi connectivity index (χ0) is 18.7. The minimum absolute atomic E-state index is 0.0457. The van der Waals surface area contributed by atoms with Crippen molar-refractivity contribution in [1.82, 2.24) is 9.29 Å². The van der Waals surface area contributed by atoms with E-state index in [-0.39, 0.29) is 17.1 Å². The van der Waals surface area contributed by atoms with Crippen molar-refractivity contribution in [1.29, 1.82) is 0 Å². The Morgan fingerprint density at radius 2 is 1.88 bits per heavy atom. The summed E-state index contributed by atoms with van der Waals surface area (Å²) < 4.78 is 38.5. The minimum atomic E-state index is -3.54. The quantitative estimate of drug-likeness (QED) is 0.775. The summed E-state index contributed by atoms with van der Waals surface area (Å²) in [6.45, 7) is 6.57. The van der Waals surface area contributed by atoms with Crippen molar-refractivity contribution in [3.63, 3.8) is 0 Å². The van der Waals surface area contributed by atoms with E-state index in [9.17, 15) is 8.42 Å². The van der Waals surface area contributed by atoms with Crippen LogP contribution in [0.5, 0.6) is 11.6 Å². The third kappa shape index (κ3) is 4.34. The third-order valence-corrected chi connectivity index (χ3v) is 5.99. The highest BCUT2D eigenvalue weighted by atomic mass is 32.2. The van der Waals surface area contributed by atoms with Crippen LogP contribution < -0.4 is 9.47 Å². The molecule has 7 heteroatoms. The Labute approximate surface area is 154 Å². The van der Waals surface area contributed by atoms with Crippen LogP contribution in [0, 0.1) is 6.92 Å². The number of rotatable bonds is 6. The van der Waals surface area contributed by atoms with Gasteiger partial charge >= 0.3 is 0 Å². The van der Waals surface area contributed by atoms with Crippen LogP contribution in [0.3, 0.4) is 0 Å². The van der Waals surface area contributed by atoms with Gasteiger partial charge in [-0.15, -0.1) is 0 Å². The van der Waals surface area contributed by atoms with Crippen molar-refractivity contribution in [2.75, 3.05) is 13.1 Å². The monoisotopic (exact) mass is 376 g/mol. The van der Waals surface area contributed by atoms with Gasteiger partial charge in [-0.05, 0) is 57.0 Å². The number of sulfonamides is 1. The van der Waals surface area contributed by atoms with Crippen molar-refractivity contribution >= 4 is 10.0 Å². The number of aryl methyl sites for hydroxylation is 1. The molecule has 1 fully saturated rings. The fourth-order valence-corrected chi connectivity index (χ4v) is 4.30. The molecule has 0 spiro atoms. The summed E-state index contributed by atoms with van der Waals surface area (Å²) in [5, 5.41) is 0. The van der Waals surface area contributed by atoms with Gasteiger partial charge in [0, 0.05) is 18.8 Å². The summed E-state index contributed by atoms with van der Waals surface area (Å²) in [4.78, 5) is 4.48. The molecule has 0 radical (unpaired) electrons. The summed E-state index contributed by atoms with van der Waals surface area (Å²) in [5.41, 5.74) is 1.05. The van der Waals surface area contributed by atoms with E-state index in [2.05, 4.69) is 4.98 Å². The molecule has 1 saturated heterocycles. The maximum absolute atomic E-state index is 12.8. The summed E-state index contributed by atoms with van der Waals surface area (Å²) >= 11 is 0. The molecule has 0 N–H and O–H groups in total. The number of pyridine rings is 1. The molecule has 0 aliphatic carbocycles. The predicted octanol–water partition coefficient (Wildman–Crippen LogP) is 3.02. The second-order valence-electron chi connectivity index (χ2n) is 6.70. The molecule has 1 aromatic carbocycles. The van der Waals surface area contributed by atoms with Gasteiger partial charge in [-0.25, -0.2) is 13.4 Å². The van der Waals surface area contributed by atoms with Crippen molar-refractivity contribution in [2.24, 2.45) is 0 Å². The average molecular weight is 376 g/mol. The lowest BCUT2D eigenvalue weighted by Crippen LogP contribution is -2.31. The highest BCUT2D eigenvalue weighted by molar-refractivity contribution is 7.89. The minimum Gasteiger partial charge on any atom is -0.491 e. The van der Waals surface area contributed by atoms with Crippen molar-refractivity contribution in [3.8, 4) is 11.6 Å². The number of nitrogens with zero attached hydrogens (tertiary/aromatic N) is 2. The largest absolute Gasteiger partial charge is 0.491 e. The zero-order valence-electron chi connectivity index (χ0n) is 15.3. The summed E-state index contributed by atoms with van der Waals surface area (Å²) in [5.74, 6) is 1.18. The molecule has 1 aromatic heterocycles. The van der Waals surface area contributed by atoms with Crippen molar-refractivity contribution in [3.05, 3.63) is 48.2 Å². The highest BCUT2D eigenvalue weighted by Gasteiger charge is 2.33. The van der Waals surface area contributed by atoms with Gasteiger partial charge in [0.05, 0.1) is 17.5 Å². The SMILES string of the molecule is Cc1ccc(OC2CCN(S(=O)(=O)c3ccc(OC(C)C)cc3)C2)nc1. The average Bonchev–Trinajstić information content (AvgIpc) is 3.06. The molecule has 0 bridgehead atoms. The van der Waals surface area contributed by atoms with E-state index in [0.29, 0.717) is 31.1 Å². The van der Waals surface area contributed by atoms with Gasteiger partial charge in [0.15, 0.2) is 0 Å². The Bertz CT molecular complexity index is 833. The van der Waals surface area contributed by atoms with Gasteiger partial charge in [-0.2, -0.15) is 4.31 Å². The van der Waals surface area contributed by atoms with E-state index in [0.717, 1.165) is 5.56 Å². The van der Waals surface area contributed by atoms with Gasteiger partial charge in [0.2, 0.25) is 15.9 Å². The molecule has 1 unspecified atom stereocenters. The summed E-state index contributed by atoms with van der Waals surface area (Å²) in [6.07, 6.45) is 2.23. The molecule has 2 aromatic rings. The first kappa shape index (κ1) is 18.7. The lowest BCUT2D eigenvalue weighted by atomic mass is 10.3. The Morgan fingerprint density at radius 1 is 1.15 bits per heavy atom. The number of hydrogen-bond acceptors (Lipinski definition) is 5. The Morgan fingerprint density at radius 3 is 2.50 bits per heavy atom. The first-order valence-corrected chi connectivity index (χ1v) is 10.1. The number of benzene rings is 1. The maximum Gasteiger partial charge on any atom is 0.243 e.